The number of aliphatic hydroxyl groups is 1. The maximum atomic E-state index is 9.02. The van der Waals surface area contributed by atoms with Crippen molar-refractivity contribution in [1.29, 1.82) is 0 Å². The minimum absolute atomic E-state index is 0.245. The largest absolute Gasteiger partial charge is 0.395 e. The highest BCUT2D eigenvalue weighted by Crippen LogP contribution is 2.07. The first-order valence-electron chi connectivity index (χ1n) is 7.64. The maximum Gasteiger partial charge on any atom is 0.165 e. The van der Waals surface area contributed by atoms with Crippen molar-refractivity contribution in [3.63, 3.8) is 0 Å². The van der Waals surface area contributed by atoms with Crippen molar-refractivity contribution in [1.82, 2.24) is 30.0 Å². The summed E-state index contributed by atoms with van der Waals surface area (Å²) >= 11 is 0. The Balaban J connectivity index is 1.85. The van der Waals surface area contributed by atoms with E-state index >= 15 is 0 Å². The van der Waals surface area contributed by atoms with Crippen molar-refractivity contribution in [3.8, 4) is 0 Å². The molecule has 1 aromatic rings. The normalized spacial score (nSPS) is 18.3. The summed E-state index contributed by atoms with van der Waals surface area (Å²) in [5.74, 6) is 0.967. The van der Waals surface area contributed by atoms with E-state index in [9.17, 15) is 0 Å². The minimum atomic E-state index is 0.245. The number of aromatic nitrogens is 4. The summed E-state index contributed by atoms with van der Waals surface area (Å²) in [6.07, 6.45) is 3.40. The molecule has 0 aromatic carbocycles. The molecule has 0 amide bonds. The van der Waals surface area contributed by atoms with E-state index in [0.29, 0.717) is 0 Å². The number of hydrogen-bond donors (Lipinski definition) is 1. The third-order valence-electron chi connectivity index (χ3n) is 3.79. The van der Waals surface area contributed by atoms with Crippen LogP contribution in [0.3, 0.4) is 0 Å². The zero-order valence-electron chi connectivity index (χ0n) is 12.4. The van der Waals surface area contributed by atoms with Gasteiger partial charge >= 0.3 is 0 Å². The van der Waals surface area contributed by atoms with Gasteiger partial charge in [0.2, 0.25) is 0 Å². The van der Waals surface area contributed by atoms with Crippen molar-refractivity contribution in [2.45, 2.75) is 39.3 Å². The average Bonchev–Trinajstić information content (AvgIpc) is 2.77. The van der Waals surface area contributed by atoms with Crippen LogP contribution in [-0.4, -0.2) is 74.4 Å². The van der Waals surface area contributed by atoms with Crippen molar-refractivity contribution in [2.24, 2.45) is 0 Å². The molecule has 2 rings (SSSR count). The Hall–Kier alpha value is -1.05. The molecule has 114 valence electrons. The lowest BCUT2D eigenvalue weighted by Gasteiger charge is -2.20. The Bertz CT molecular complexity index is 383. The molecule has 1 aliphatic rings. The summed E-state index contributed by atoms with van der Waals surface area (Å²) in [6.45, 7) is 9.09. The Kier molecular flexibility index (Phi) is 6.35. The van der Waals surface area contributed by atoms with Crippen LogP contribution in [0.4, 0.5) is 0 Å². The molecule has 0 atom stereocenters. The van der Waals surface area contributed by atoms with Gasteiger partial charge in [0, 0.05) is 26.2 Å². The average molecular weight is 282 g/mol. The molecular formula is C13H26N6O. The van der Waals surface area contributed by atoms with Crippen LogP contribution in [0, 0.1) is 0 Å². The van der Waals surface area contributed by atoms with Gasteiger partial charge in [0.15, 0.2) is 5.82 Å². The predicted octanol–water partition coefficient (Wildman–Crippen LogP) is -0.0268. The molecule has 20 heavy (non-hydrogen) atoms. The van der Waals surface area contributed by atoms with Crippen LogP contribution in [0.15, 0.2) is 0 Å². The molecular weight excluding hydrogens is 256 g/mol. The van der Waals surface area contributed by atoms with Gasteiger partial charge in [-0.05, 0) is 36.4 Å². The molecule has 0 spiro atoms. The van der Waals surface area contributed by atoms with Gasteiger partial charge in [0.1, 0.15) is 0 Å². The van der Waals surface area contributed by atoms with E-state index in [1.165, 1.54) is 0 Å². The van der Waals surface area contributed by atoms with E-state index in [1.807, 2.05) is 4.68 Å². The third-order valence-corrected chi connectivity index (χ3v) is 3.79. The van der Waals surface area contributed by atoms with Crippen molar-refractivity contribution in [2.75, 3.05) is 39.3 Å². The first kappa shape index (κ1) is 15.3. The lowest BCUT2D eigenvalue weighted by molar-refractivity contribution is 0.194. The van der Waals surface area contributed by atoms with Gasteiger partial charge in [-0.3, -0.25) is 9.80 Å². The van der Waals surface area contributed by atoms with Crippen LogP contribution < -0.4 is 0 Å². The Morgan fingerprint density at radius 1 is 1.10 bits per heavy atom. The number of rotatable bonds is 7. The van der Waals surface area contributed by atoms with E-state index in [4.69, 9.17) is 5.11 Å². The Morgan fingerprint density at radius 3 is 2.70 bits per heavy atom. The molecule has 2 heterocycles. The zero-order chi connectivity index (χ0) is 14.2. The molecule has 0 saturated carbocycles. The number of aryl methyl sites for hydroxylation is 1. The number of unbranched alkanes of at least 4 members (excludes halogenated alkanes) is 1. The quantitative estimate of drug-likeness (QED) is 0.757. The predicted molar refractivity (Wildman–Crippen MR) is 76.1 cm³/mol. The number of aliphatic hydroxyl groups excluding tert-OH is 1. The summed E-state index contributed by atoms with van der Waals surface area (Å²) in [5.41, 5.74) is 0. The molecule has 7 heteroatoms. The van der Waals surface area contributed by atoms with Crippen molar-refractivity contribution < 1.29 is 5.11 Å². The summed E-state index contributed by atoms with van der Waals surface area (Å²) < 4.78 is 1.93. The standard InChI is InChI=1S/C13H26N6O/c1-2-3-7-19-13(14-15-16-19)12-18-6-4-5-17(8-9-18)10-11-20/h20H,2-12H2,1H3. The van der Waals surface area contributed by atoms with Crippen LogP contribution in [0.25, 0.3) is 0 Å². The van der Waals surface area contributed by atoms with Crippen LogP contribution in [0.5, 0.6) is 0 Å². The van der Waals surface area contributed by atoms with Crippen LogP contribution in [-0.2, 0) is 13.1 Å². The fourth-order valence-corrected chi connectivity index (χ4v) is 2.57. The molecule has 0 radical (unpaired) electrons. The number of tetrazole rings is 1. The molecule has 1 fully saturated rings. The van der Waals surface area contributed by atoms with Gasteiger partial charge in [0.25, 0.3) is 0 Å². The fourth-order valence-electron chi connectivity index (χ4n) is 2.57. The monoisotopic (exact) mass is 282 g/mol. The summed E-state index contributed by atoms with van der Waals surface area (Å²) in [5, 5.41) is 21.0. The van der Waals surface area contributed by atoms with E-state index in [1.54, 1.807) is 0 Å². The molecule has 0 bridgehead atoms. The second-order valence-corrected chi connectivity index (χ2v) is 5.37. The van der Waals surface area contributed by atoms with Crippen LogP contribution in [0.1, 0.15) is 32.0 Å². The highest BCUT2D eigenvalue weighted by Gasteiger charge is 2.17. The van der Waals surface area contributed by atoms with Gasteiger partial charge in [0.05, 0.1) is 13.2 Å². The molecule has 7 nitrogen and oxygen atoms in total. The maximum absolute atomic E-state index is 9.02. The topological polar surface area (TPSA) is 70.3 Å². The number of hydrogen-bond acceptors (Lipinski definition) is 6. The van der Waals surface area contributed by atoms with Crippen LogP contribution >= 0.6 is 0 Å². The molecule has 0 unspecified atom stereocenters. The zero-order valence-corrected chi connectivity index (χ0v) is 12.4. The lowest BCUT2D eigenvalue weighted by atomic mass is 10.3. The highest BCUT2D eigenvalue weighted by atomic mass is 16.3. The second kappa shape index (κ2) is 8.28. The Labute approximate surface area is 120 Å². The number of β-amino-alcohol motifs (C(OH)–C–C–N with tert-alkyl or cyclic N) is 1. The molecule has 1 N–H and O–H groups in total. The van der Waals surface area contributed by atoms with Gasteiger partial charge in [-0.2, -0.15) is 0 Å². The molecule has 0 aliphatic carbocycles. The van der Waals surface area contributed by atoms with Gasteiger partial charge in [-0.1, -0.05) is 13.3 Å². The number of nitrogens with zero attached hydrogens (tertiary/aromatic N) is 6. The summed E-state index contributed by atoms with van der Waals surface area (Å²) in [4.78, 5) is 4.73. The smallest absolute Gasteiger partial charge is 0.165 e. The summed E-state index contributed by atoms with van der Waals surface area (Å²) in [6, 6.07) is 0. The SMILES string of the molecule is CCCCn1nnnc1CN1CCCN(CCO)CC1. The second-order valence-electron chi connectivity index (χ2n) is 5.37. The third kappa shape index (κ3) is 4.50. The van der Waals surface area contributed by atoms with Gasteiger partial charge < -0.3 is 5.11 Å². The van der Waals surface area contributed by atoms with E-state index in [0.717, 1.165) is 70.9 Å². The minimum Gasteiger partial charge on any atom is -0.395 e. The lowest BCUT2D eigenvalue weighted by Crippen LogP contribution is -2.32. The highest BCUT2D eigenvalue weighted by molar-refractivity contribution is 4.82. The van der Waals surface area contributed by atoms with E-state index in [2.05, 4.69) is 32.2 Å². The first-order valence-corrected chi connectivity index (χ1v) is 7.64. The molecule has 1 saturated heterocycles. The molecule has 1 aromatic heterocycles. The van der Waals surface area contributed by atoms with Crippen LogP contribution in [0.2, 0.25) is 0 Å². The fraction of sp³-hybridized carbons (Fsp3) is 0.923. The van der Waals surface area contributed by atoms with Gasteiger partial charge in [-0.15, -0.1) is 5.10 Å². The summed E-state index contributed by atoms with van der Waals surface area (Å²) in [7, 11) is 0. The van der Waals surface area contributed by atoms with E-state index in [-0.39, 0.29) is 6.61 Å². The van der Waals surface area contributed by atoms with E-state index < -0.39 is 0 Å². The molecule has 1 aliphatic heterocycles. The first-order chi connectivity index (χ1) is 9.83. The van der Waals surface area contributed by atoms with Gasteiger partial charge in [-0.25, -0.2) is 4.68 Å². The van der Waals surface area contributed by atoms with Crippen molar-refractivity contribution >= 4 is 0 Å². The Morgan fingerprint density at radius 2 is 1.90 bits per heavy atom. The van der Waals surface area contributed by atoms with Crippen molar-refractivity contribution in [3.05, 3.63) is 5.82 Å².